The number of likely N-dealkylation sites (N-methyl/N-ethyl adjacent to an activating group) is 1. The fraction of sp³-hybridized carbons (Fsp3) is 0.556. The third-order valence-corrected chi connectivity index (χ3v) is 5.05. The standard InChI is InChI=1S/C18H25N/c1-13(2)19(3)18-16-10-9-14(11-16)12-17(18)15-7-5-4-6-8-15/h4-8,12-14,16,18H,9-11H2,1-3H3/t14-,16-,18+/m0/s1. The molecule has 0 aliphatic heterocycles. The Labute approximate surface area is 117 Å². The molecular formula is C18H25N. The van der Waals surface area contributed by atoms with E-state index in [-0.39, 0.29) is 0 Å². The van der Waals surface area contributed by atoms with E-state index in [1.165, 1.54) is 24.8 Å². The van der Waals surface area contributed by atoms with Gasteiger partial charge in [0.2, 0.25) is 0 Å². The van der Waals surface area contributed by atoms with Crippen LogP contribution in [0, 0.1) is 11.8 Å². The first-order chi connectivity index (χ1) is 9.16. The van der Waals surface area contributed by atoms with Crippen LogP contribution in [0.3, 0.4) is 0 Å². The van der Waals surface area contributed by atoms with E-state index in [0.717, 1.165) is 11.8 Å². The molecule has 2 bridgehead atoms. The summed E-state index contributed by atoms with van der Waals surface area (Å²) in [6, 6.07) is 12.2. The van der Waals surface area contributed by atoms with Gasteiger partial charge < -0.3 is 0 Å². The van der Waals surface area contributed by atoms with Crippen molar-refractivity contribution in [2.24, 2.45) is 11.8 Å². The van der Waals surface area contributed by atoms with Crippen LogP contribution in [0.1, 0.15) is 38.7 Å². The minimum absolute atomic E-state index is 0.606. The molecule has 1 saturated carbocycles. The van der Waals surface area contributed by atoms with Crippen LogP contribution in [0.5, 0.6) is 0 Å². The molecule has 2 aliphatic rings. The molecule has 1 aromatic carbocycles. The zero-order valence-electron chi connectivity index (χ0n) is 12.3. The van der Waals surface area contributed by atoms with Gasteiger partial charge in [-0.25, -0.2) is 0 Å². The summed E-state index contributed by atoms with van der Waals surface area (Å²) in [5.41, 5.74) is 3.01. The Morgan fingerprint density at radius 1 is 1.11 bits per heavy atom. The van der Waals surface area contributed by atoms with Crippen molar-refractivity contribution in [1.29, 1.82) is 0 Å². The lowest BCUT2D eigenvalue weighted by Gasteiger charge is -2.39. The highest BCUT2D eigenvalue weighted by Crippen LogP contribution is 2.46. The zero-order valence-corrected chi connectivity index (χ0v) is 12.3. The van der Waals surface area contributed by atoms with Crippen LogP contribution in [0.4, 0.5) is 0 Å². The van der Waals surface area contributed by atoms with Gasteiger partial charge in [-0.15, -0.1) is 0 Å². The summed E-state index contributed by atoms with van der Waals surface area (Å²) >= 11 is 0. The van der Waals surface area contributed by atoms with Crippen LogP contribution in [0.15, 0.2) is 36.4 Å². The smallest absolute Gasteiger partial charge is 0.0379 e. The first kappa shape index (κ1) is 12.9. The maximum atomic E-state index is 2.57. The molecule has 3 rings (SSSR count). The predicted octanol–water partition coefficient (Wildman–Crippen LogP) is 4.21. The van der Waals surface area contributed by atoms with Crippen molar-refractivity contribution in [2.45, 2.75) is 45.2 Å². The third-order valence-electron chi connectivity index (χ3n) is 5.05. The number of hydrogen-bond donors (Lipinski definition) is 0. The normalized spacial score (nSPS) is 29.9. The average Bonchev–Trinajstić information content (AvgIpc) is 2.80. The first-order valence-electron chi connectivity index (χ1n) is 7.66. The second kappa shape index (κ2) is 5.13. The van der Waals surface area contributed by atoms with E-state index >= 15 is 0 Å². The van der Waals surface area contributed by atoms with Gasteiger partial charge in [0, 0.05) is 12.1 Å². The summed E-state index contributed by atoms with van der Waals surface area (Å²) < 4.78 is 0. The molecule has 1 nitrogen and oxygen atoms in total. The van der Waals surface area contributed by atoms with Gasteiger partial charge in [0.05, 0.1) is 0 Å². The average molecular weight is 255 g/mol. The van der Waals surface area contributed by atoms with Crippen LogP contribution >= 0.6 is 0 Å². The second-order valence-electron chi connectivity index (χ2n) is 6.53. The van der Waals surface area contributed by atoms with Gasteiger partial charge in [-0.05, 0) is 63.1 Å². The summed E-state index contributed by atoms with van der Waals surface area (Å²) in [5, 5.41) is 0. The van der Waals surface area contributed by atoms with Crippen LogP contribution in [0.2, 0.25) is 0 Å². The summed E-state index contributed by atoms with van der Waals surface area (Å²) in [7, 11) is 2.30. The summed E-state index contributed by atoms with van der Waals surface area (Å²) in [6.45, 7) is 4.62. The minimum atomic E-state index is 0.606. The SMILES string of the molecule is CC(C)N(C)[C@H]1C(c2ccccc2)=C[C@H]2CC[C@H]1C2. The third kappa shape index (κ3) is 2.36. The molecule has 102 valence electrons. The van der Waals surface area contributed by atoms with Crippen molar-refractivity contribution >= 4 is 5.57 Å². The molecule has 0 unspecified atom stereocenters. The molecule has 1 fully saturated rings. The predicted molar refractivity (Wildman–Crippen MR) is 81.9 cm³/mol. The van der Waals surface area contributed by atoms with Gasteiger partial charge in [-0.2, -0.15) is 0 Å². The molecule has 0 spiro atoms. The number of hydrogen-bond acceptors (Lipinski definition) is 1. The summed E-state index contributed by atoms with van der Waals surface area (Å²) in [5.74, 6) is 1.69. The van der Waals surface area contributed by atoms with Crippen molar-refractivity contribution in [2.75, 3.05) is 7.05 Å². The maximum absolute atomic E-state index is 2.57. The molecule has 0 saturated heterocycles. The highest BCUT2D eigenvalue weighted by molar-refractivity contribution is 5.71. The van der Waals surface area contributed by atoms with E-state index in [9.17, 15) is 0 Å². The van der Waals surface area contributed by atoms with Gasteiger partial charge in [0.25, 0.3) is 0 Å². The van der Waals surface area contributed by atoms with Gasteiger partial charge in [0.1, 0.15) is 0 Å². The Kier molecular flexibility index (Phi) is 3.49. The molecule has 2 aliphatic carbocycles. The van der Waals surface area contributed by atoms with Gasteiger partial charge in [0.15, 0.2) is 0 Å². The Hall–Kier alpha value is -1.08. The molecule has 0 radical (unpaired) electrons. The molecule has 0 aromatic heterocycles. The van der Waals surface area contributed by atoms with Gasteiger partial charge >= 0.3 is 0 Å². The maximum Gasteiger partial charge on any atom is 0.0379 e. The van der Waals surface area contributed by atoms with E-state index in [1.807, 2.05) is 0 Å². The molecule has 0 N–H and O–H groups in total. The van der Waals surface area contributed by atoms with Gasteiger partial charge in [-0.3, -0.25) is 4.90 Å². The number of allylic oxidation sites excluding steroid dienone is 1. The lowest BCUT2D eigenvalue weighted by molar-refractivity contribution is 0.178. The van der Waals surface area contributed by atoms with Crippen molar-refractivity contribution in [3.8, 4) is 0 Å². The van der Waals surface area contributed by atoms with E-state index < -0.39 is 0 Å². The Balaban J connectivity index is 1.99. The summed E-state index contributed by atoms with van der Waals surface area (Å²) in [4.78, 5) is 2.57. The largest absolute Gasteiger partial charge is 0.297 e. The Morgan fingerprint density at radius 3 is 2.53 bits per heavy atom. The van der Waals surface area contributed by atoms with E-state index in [1.54, 1.807) is 5.57 Å². The molecule has 0 amide bonds. The van der Waals surface area contributed by atoms with Gasteiger partial charge in [-0.1, -0.05) is 36.4 Å². The van der Waals surface area contributed by atoms with E-state index in [0.29, 0.717) is 12.1 Å². The second-order valence-corrected chi connectivity index (χ2v) is 6.53. The Bertz CT molecular complexity index is 460. The summed E-state index contributed by atoms with van der Waals surface area (Å²) in [6.07, 6.45) is 6.77. The molecule has 19 heavy (non-hydrogen) atoms. The monoisotopic (exact) mass is 255 g/mol. The fourth-order valence-corrected chi connectivity index (χ4v) is 3.87. The number of rotatable bonds is 3. The minimum Gasteiger partial charge on any atom is -0.297 e. The lowest BCUT2D eigenvalue weighted by atomic mass is 9.80. The van der Waals surface area contributed by atoms with E-state index in [2.05, 4.69) is 62.2 Å². The van der Waals surface area contributed by atoms with Crippen LogP contribution in [-0.4, -0.2) is 24.0 Å². The highest BCUT2D eigenvalue weighted by Gasteiger charge is 2.39. The van der Waals surface area contributed by atoms with E-state index in [4.69, 9.17) is 0 Å². The topological polar surface area (TPSA) is 3.24 Å². The van der Waals surface area contributed by atoms with Crippen molar-refractivity contribution < 1.29 is 0 Å². The van der Waals surface area contributed by atoms with Crippen molar-refractivity contribution in [3.05, 3.63) is 42.0 Å². The molecule has 3 atom stereocenters. The van der Waals surface area contributed by atoms with Crippen LogP contribution in [-0.2, 0) is 0 Å². The lowest BCUT2D eigenvalue weighted by Crippen LogP contribution is -2.43. The zero-order chi connectivity index (χ0) is 13.4. The fourth-order valence-electron chi connectivity index (χ4n) is 3.87. The van der Waals surface area contributed by atoms with Crippen molar-refractivity contribution in [3.63, 3.8) is 0 Å². The number of benzene rings is 1. The molecular weight excluding hydrogens is 230 g/mol. The molecule has 1 heteroatoms. The number of fused-ring (bicyclic) bond motifs is 2. The van der Waals surface area contributed by atoms with Crippen LogP contribution in [0.25, 0.3) is 5.57 Å². The molecule has 1 aromatic rings. The first-order valence-corrected chi connectivity index (χ1v) is 7.66. The molecule has 0 heterocycles. The van der Waals surface area contributed by atoms with Crippen molar-refractivity contribution in [1.82, 2.24) is 4.90 Å². The van der Waals surface area contributed by atoms with Crippen LogP contribution < -0.4 is 0 Å². The quantitative estimate of drug-likeness (QED) is 0.782. The number of nitrogens with zero attached hydrogens (tertiary/aromatic N) is 1. The Morgan fingerprint density at radius 2 is 1.84 bits per heavy atom. The highest BCUT2D eigenvalue weighted by atomic mass is 15.2.